The van der Waals surface area contributed by atoms with Crippen LogP contribution in [0.25, 0.3) is 0 Å². The van der Waals surface area contributed by atoms with E-state index in [0.29, 0.717) is 18.4 Å². The normalized spacial score (nSPS) is 20.1. The summed E-state index contributed by atoms with van der Waals surface area (Å²) in [4.78, 5) is 6.49. The predicted molar refractivity (Wildman–Crippen MR) is 62.8 cm³/mol. The van der Waals surface area contributed by atoms with E-state index in [1.54, 1.807) is 0 Å². The molecule has 0 radical (unpaired) electrons. The lowest BCUT2D eigenvalue weighted by atomic mass is 10.1. The van der Waals surface area contributed by atoms with Crippen LogP contribution in [0.2, 0.25) is 0 Å². The molecule has 1 fully saturated rings. The van der Waals surface area contributed by atoms with E-state index in [1.165, 1.54) is 0 Å². The molecule has 0 aliphatic carbocycles. The fraction of sp³-hybridized carbons (Fsp3) is 0.583. The lowest BCUT2D eigenvalue weighted by Gasteiger charge is -2.18. The van der Waals surface area contributed by atoms with Gasteiger partial charge < -0.3 is 14.7 Å². The van der Waals surface area contributed by atoms with Crippen LogP contribution in [-0.4, -0.2) is 36.4 Å². The Hall–Kier alpha value is -1.29. The van der Waals surface area contributed by atoms with Crippen molar-refractivity contribution in [2.75, 3.05) is 31.2 Å². The first-order valence-electron chi connectivity index (χ1n) is 5.78. The topological polar surface area (TPSA) is 45.6 Å². The zero-order valence-electron chi connectivity index (χ0n) is 9.59. The summed E-state index contributed by atoms with van der Waals surface area (Å²) in [7, 11) is 0. The van der Waals surface area contributed by atoms with Crippen LogP contribution in [0.5, 0.6) is 5.88 Å². The van der Waals surface area contributed by atoms with Gasteiger partial charge in [0.1, 0.15) is 0 Å². The van der Waals surface area contributed by atoms with Crippen molar-refractivity contribution < 1.29 is 9.84 Å². The largest absolute Gasteiger partial charge is 0.478 e. The number of hydrogen-bond acceptors (Lipinski definition) is 4. The van der Waals surface area contributed by atoms with Crippen molar-refractivity contribution >= 4 is 5.69 Å². The fourth-order valence-corrected chi connectivity index (χ4v) is 2.01. The Balaban J connectivity index is 1.99. The van der Waals surface area contributed by atoms with E-state index in [0.717, 1.165) is 25.2 Å². The van der Waals surface area contributed by atoms with Crippen molar-refractivity contribution in [3.8, 4) is 5.88 Å². The Bertz CT molecular complexity index is 326. The Morgan fingerprint density at radius 2 is 2.44 bits per heavy atom. The molecule has 16 heavy (non-hydrogen) atoms. The van der Waals surface area contributed by atoms with Crippen LogP contribution in [0.3, 0.4) is 0 Å². The molecule has 4 nitrogen and oxygen atoms in total. The first-order valence-corrected chi connectivity index (χ1v) is 5.78. The minimum atomic E-state index is 0.279. The number of aromatic nitrogens is 1. The molecular formula is C12H18N2O2. The fourth-order valence-electron chi connectivity index (χ4n) is 2.01. The van der Waals surface area contributed by atoms with Gasteiger partial charge >= 0.3 is 0 Å². The van der Waals surface area contributed by atoms with Gasteiger partial charge in [0, 0.05) is 31.7 Å². The first kappa shape index (κ1) is 11.2. The molecule has 2 rings (SSSR count). The molecule has 2 heterocycles. The van der Waals surface area contributed by atoms with Gasteiger partial charge in [0.25, 0.3) is 0 Å². The SMILES string of the molecule is CCOc1ccc(N2CCC(CO)C2)cn1. The summed E-state index contributed by atoms with van der Waals surface area (Å²) in [5, 5.41) is 9.08. The molecule has 1 aliphatic heterocycles. The molecule has 1 N–H and O–H groups in total. The van der Waals surface area contributed by atoms with Crippen molar-refractivity contribution in [2.45, 2.75) is 13.3 Å². The predicted octanol–water partition coefficient (Wildman–Crippen LogP) is 1.30. The van der Waals surface area contributed by atoms with Gasteiger partial charge in [-0.15, -0.1) is 0 Å². The second-order valence-electron chi connectivity index (χ2n) is 4.07. The molecule has 0 spiro atoms. The number of aliphatic hydroxyl groups excluding tert-OH is 1. The molecule has 0 bridgehead atoms. The van der Waals surface area contributed by atoms with Gasteiger partial charge in [0.05, 0.1) is 18.5 Å². The molecule has 1 unspecified atom stereocenters. The Morgan fingerprint density at radius 1 is 1.56 bits per heavy atom. The smallest absolute Gasteiger partial charge is 0.213 e. The van der Waals surface area contributed by atoms with Crippen molar-refractivity contribution in [2.24, 2.45) is 5.92 Å². The van der Waals surface area contributed by atoms with Crippen molar-refractivity contribution in [3.63, 3.8) is 0 Å². The standard InChI is InChI=1S/C12H18N2O2/c1-2-16-12-4-3-11(7-13-12)14-6-5-10(8-14)9-15/h3-4,7,10,15H,2,5-6,8-9H2,1H3. The van der Waals surface area contributed by atoms with E-state index < -0.39 is 0 Å². The highest BCUT2D eigenvalue weighted by Gasteiger charge is 2.21. The highest BCUT2D eigenvalue weighted by molar-refractivity contribution is 5.46. The molecule has 1 aromatic heterocycles. The molecule has 88 valence electrons. The monoisotopic (exact) mass is 222 g/mol. The second-order valence-corrected chi connectivity index (χ2v) is 4.07. The number of hydrogen-bond donors (Lipinski definition) is 1. The van der Waals surface area contributed by atoms with Crippen LogP contribution >= 0.6 is 0 Å². The summed E-state index contributed by atoms with van der Waals surface area (Å²) in [5.74, 6) is 1.08. The average Bonchev–Trinajstić information content (AvgIpc) is 2.79. The maximum absolute atomic E-state index is 9.08. The minimum Gasteiger partial charge on any atom is -0.478 e. The van der Waals surface area contributed by atoms with Gasteiger partial charge in [-0.05, 0) is 19.4 Å². The van der Waals surface area contributed by atoms with Crippen LogP contribution in [0.1, 0.15) is 13.3 Å². The number of ether oxygens (including phenoxy) is 1. The van der Waals surface area contributed by atoms with Gasteiger partial charge in [-0.3, -0.25) is 0 Å². The van der Waals surface area contributed by atoms with E-state index in [-0.39, 0.29) is 6.61 Å². The molecule has 0 amide bonds. The summed E-state index contributed by atoms with van der Waals surface area (Å²) in [6.07, 6.45) is 2.90. The van der Waals surface area contributed by atoms with Crippen molar-refractivity contribution in [1.29, 1.82) is 0 Å². The van der Waals surface area contributed by atoms with Crippen LogP contribution in [0, 0.1) is 5.92 Å². The quantitative estimate of drug-likeness (QED) is 0.834. The van der Waals surface area contributed by atoms with Crippen molar-refractivity contribution in [1.82, 2.24) is 4.98 Å². The number of aliphatic hydroxyl groups is 1. The van der Waals surface area contributed by atoms with Crippen molar-refractivity contribution in [3.05, 3.63) is 18.3 Å². The third kappa shape index (κ3) is 2.44. The number of rotatable bonds is 4. The summed E-state index contributed by atoms with van der Waals surface area (Å²) < 4.78 is 5.30. The Kier molecular flexibility index (Phi) is 3.62. The summed E-state index contributed by atoms with van der Waals surface area (Å²) in [6.45, 7) is 4.79. The molecule has 1 aromatic rings. The molecule has 1 aliphatic rings. The highest BCUT2D eigenvalue weighted by Crippen LogP contribution is 2.23. The van der Waals surface area contributed by atoms with E-state index >= 15 is 0 Å². The highest BCUT2D eigenvalue weighted by atomic mass is 16.5. The van der Waals surface area contributed by atoms with Crippen LogP contribution in [0.4, 0.5) is 5.69 Å². The molecule has 1 atom stereocenters. The van der Waals surface area contributed by atoms with E-state index in [9.17, 15) is 0 Å². The van der Waals surface area contributed by atoms with Crippen LogP contribution in [0.15, 0.2) is 18.3 Å². The number of nitrogens with zero attached hydrogens (tertiary/aromatic N) is 2. The maximum atomic E-state index is 9.08. The maximum Gasteiger partial charge on any atom is 0.213 e. The van der Waals surface area contributed by atoms with E-state index in [1.807, 2.05) is 25.3 Å². The van der Waals surface area contributed by atoms with E-state index in [4.69, 9.17) is 9.84 Å². The summed E-state index contributed by atoms with van der Waals surface area (Å²) in [6, 6.07) is 3.92. The van der Waals surface area contributed by atoms with Crippen LogP contribution < -0.4 is 9.64 Å². The lowest BCUT2D eigenvalue weighted by molar-refractivity contribution is 0.238. The zero-order chi connectivity index (χ0) is 11.4. The minimum absolute atomic E-state index is 0.279. The second kappa shape index (κ2) is 5.16. The molecule has 1 saturated heterocycles. The Labute approximate surface area is 95.9 Å². The van der Waals surface area contributed by atoms with Gasteiger partial charge in [-0.25, -0.2) is 4.98 Å². The molecule has 0 saturated carbocycles. The van der Waals surface area contributed by atoms with Gasteiger partial charge in [-0.1, -0.05) is 0 Å². The zero-order valence-corrected chi connectivity index (χ0v) is 9.59. The molecular weight excluding hydrogens is 204 g/mol. The van der Waals surface area contributed by atoms with Gasteiger partial charge in [0.2, 0.25) is 5.88 Å². The van der Waals surface area contributed by atoms with Gasteiger partial charge in [-0.2, -0.15) is 0 Å². The third-order valence-corrected chi connectivity index (χ3v) is 2.92. The van der Waals surface area contributed by atoms with Crippen LogP contribution in [-0.2, 0) is 0 Å². The number of pyridine rings is 1. The van der Waals surface area contributed by atoms with Gasteiger partial charge in [0.15, 0.2) is 0 Å². The molecule has 0 aromatic carbocycles. The first-order chi connectivity index (χ1) is 7.83. The molecule has 4 heteroatoms. The number of anilines is 1. The lowest BCUT2D eigenvalue weighted by Crippen LogP contribution is -2.20. The summed E-state index contributed by atoms with van der Waals surface area (Å²) in [5.41, 5.74) is 1.11. The third-order valence-electron chi connectivity index (χ3n) is 2.92. The van der Waals surface area contributed by atoms with E-state index in [2.05, 4.69) is 9.88 Å². The average molecular weight is 222 g/mol. The summed E-state index contributed by atoms with van der Waals surface area (Å²) >= 11 is 0. The Morgan fingerprint density at radius 3 is 3.00 bits per heavy atom.